The third kappa shape index (κ3) is 1.63. The molecule has 0 aliphatic carbocycles. The van der Waals surface area contributed by atoms with E-state index in [4.69, 9.17) is 11.2 Å². The molecule has 0 radical (unpaired) electrons. The van der Waals surface area contributed by atoms with Crippen molar-refractivity contribution in [2.45, 2.75) is 13.3 Å². The molecule has 0 saturated carbocycles. The molecule has 0 saturated heterocycles. The minimum Gasteiger partial charge on any atom is -0.497 e. The summed E-state index contributed by atoms with van der Waals surface area (Å²) in [4.78, 5) is 0. The third-order valence-corrected chi connectivity index (χ3v) is 2.80. The molecule has 2 aromatic carbocycles. The topological polar surface area (TPSA) is 9.23 Å². The van der Waals surface area contributed by atoms with Gasteiger partial charge in [-0.15, -0.1) is 6.42 Å². The molecule has 0 spiro atoms. The molecule has 0 fully saturated rings. The van der Waals surface area contributed by atoms with Crippen molar-refractivity contribution in [3.05, 3.63) is 41.5 Å². The number of hydrogen-bond donors (Lipinski definition) is 0. The van der Waals surface area contributed by atoms with Crippen molar-refractivity contribution in [1.82, 2.24) is 0 Å². The van der Waals surface area contributed by atoms with Gasteiger partial charge in [0.05, 0.1) is 7.11 Å². The van der Waals surface area contributed by atoms with Gasteiger partial charge in [-0.05, 0) is 35.6 Å². The first-order valence-electron chi connectivity index (χ1n) is 5.36. The molecule has 80 valence electrons. The minimum atomic E-state index is 0.888. The fourth-order valence-corrected chi connectivity index (χ4v) is 2.00. The van der Waals surface area contributed by atoms with Gasteiger partial charge in [0.2, 0.25) is 0 Å². The van der Waals surface area contributed by atoms with Crippen molar-refractivity contribution in [3.8, 4) is 18.1 Å². The Balaban J connectivity index is 2.85. The maximum Gasteiger partial charge on any atom is 0.119 e. The van der Waals surface area contributed by atoms with Gasteiger partial charge in [0.25, 0.3) is 0 Å². The van der Waals surface area contributed by atoms with Crippen LogP contribution in [0.15, 0.2) is 30.3 Å². The van der Waals surface area contributed by atoms with E-state index in [2.05, 4.69) is 25.0 Å². The average Bonchev–Trinajstić information content (AvgIpc) is 2.36. The lowest BCUT2D eigenvalue weighted by atomic mass is 9.97. The Bertz CT molecular complexity index is 561. The number of fused-ring (bicyclic) bond motifs is 1. The van der Waals surface area contributed by atoms with Crippen molar-refractivity contribution >= 4 is 10.8 Å². The van der Waals surface area contributed by atoms with E-state index >= 15 is 0 Å². The summed E-state index contributed by atoms with van der Waals surface area (Å²) in [6.45, 7) is 2.13. The van der Waals surface area contributed by atoms with Crippen LogP contribution in [0.2, 0.25) is 0 Å². The number of rotatable bonds is 2. The van der Waals surface area contributed by atoms with E-state index in [0.717, 1.165) is 23.1 Å². The number of aryl methyl sites for hydroxylation is 1. The van der Waals surface area contributed by atoms with Crippen LogP contribution in [0.5, 0.6) is 5.75 Å². The summed E-state index contributed by atoms with van der Waals surface area (Å²) in [5, 5.41) is 2.32. The van der Waals surface area contributed by atoms with E-state index in [1.165, 1.54) is 10.9 Å². The first-order valence-corrected chi connectivity index (χ1v) is 5.36. The lowest BCUT2D eigenvalue weighted by molar-refractivity contribution is 0.415. The summed E-state index contributed by atoms with van der Waals surface area (Å²) in [6, 6.07) is 10.1. The Morgan fingerprint density at radius 2 is 2.12 bits per heavy atom. The molecule has 0 atom stereocenters. The molecular formula is C15H14O. The first kappa shape index (κ1) is 10.6. The summed E-state index contributed by atoms with van der Waals surface area (Å²) in [7, 11) is 1.69. The average molecular weight is 210 g/mol. The van der Waals surface area contributed by atoms with Gasteiger partial charge < -0.3 is 4.74 Å². The van der Waals surface area contributed by atoms with Gasteiger partial charge in [0, 0.05) is 10.9 Å². The van der Waals surface area contributed by atoms with Crippen molar-refractivity contribution in [1.29, 1.82) is 0 Å². The van der Waals surface area contributed by atoms with Crippen LogP contribution in [0, 0.1) is 12.3 Å². The second-order valence-corrected chi connectivity index (χ2v) is 3.69. The van der Waals surface area contributed by atoms with Crippen LogP contribution in [0.4, 0.5) is 0 Å². The molecule has 2 aromatic rings. The third-order valence-electron chi connectivity index (χ3n) is 2.80. The molecule has 1 heteroatoms. The predicted octanol–water partition coefficient (Wildman–Crippen LogP) is 3.39. The van der Waals surface area contributed by atoms with Gasteiger partial charge in [-0.2, -0.15) is 0 Å². The minimum absolute atomic E-state index is 0.888. The highest BCUT2D eigenvalue weighted by atomic mass is 16.5. The molecule has 0 bridgehead atoms. The number of ether oxygens (including phenoxy) is 1. The van der Waals surface area contributed by atoms with Crippen LogP contribution in [-0.2, 0) is 6.42 Å². The molecule has 0 N–H and O–H groups in total. The van der Waals surface area contributed by atoms with Gasteiger partial charge in [-0.3, -0.25) is 0 Å². The quantitative estimate of drug-likeness (QED) is 0.690. The molecule has 0 heterocycles. The number of benzene rings is 2. The van der Waals surface area contributed by atoms with Crippen LogP contribution in [0.3, 0.4) is 0 Å². The molecule has 0 aromatic heterocycles. The van der Waals surface area contributed by atoms with Crippen LogP contribution in [0.1, 0.15) is 18.1 Å². The molecular weight excluding hydrogens is 196 g/mol. The van der Waals surface area contributed by atoms with Crippen LogP contribution >= 0.6 is 0 Å². The Kier molecular flexibility index (Phi) is 2.83. The van der Waals surface area contributed by atoms with Gasteiger partial charge in [-0.25, -0.2) is 0 Å². The second kappa shape index (κ2) is 4.28. The molecule has 2 rings (SSSR count). The van der Waals surface area contributed by atoms with E-state index in [-0.39, 0.29) is 0 Å². The highest BCUT2D eigenvalue weighted by Crippen LogP contribution is 2.28. The van der Waals surface area contributed by atoms with Crippen molar-refractivity contribution in [2.75, 3.05) is 7.11 Å². The molecule has 0 aliphatic rings. The fraction of sp³-hybridized carbons (Fsp3) is 0.200. The fourth-order valence-electron chi connectivity index (χ4n) is 2.00. The zero-order valence-electron chi connectivity index (χ0n) is 9.58. The number of methoxy groups -OCH3 is 1. The highest BCUT2D eigenvalue weighted by molar-refractivity contribution is 5.92. The zero-order valence-corrected chi connectivity index (χ0v) is 9.58. The normalized spacial score (nSPS) is 10.1. The predicted molar refractivity (Wildman–Crippen MR) is 67.8 cm³/mol. The summed E-state index contributed by atoms with van der Waals surface area (Å²) in [5.74, 6) is 3.63. The van der Waals surface area contributed by atoms with Crippen molar-refractivity contribution in [3.63, 3.8) is 0 Å². The SMILES string of the molecule is C#Cc1cccc2cc(OC)cc(CC)c12. The smallest absolute Gasteiger partial charge is 0.119 e. The maximum absolute atomic E-state index is 5.53. The Hall–Kier alpha value is -1.94. The summed E-state index contributed by atoms with van der Waals surface area (Å²) in [5.41, 5.74) is 2.19. The molecule has 16 heavy (non-hydrogen) atoms. The lowest BCUT2D eigenvalue weighted by Crippen LogP contribution is -1.91. The number of terminal acetylenes is 1. The summed E-state index contributed by atoms with van der Waals surface area (Å²) >= 11 is 0. The molecule has 1 nitrogen and oxygen atoms in total. The van der Waals surface area contributed by atoms with Crippen LogP contribution in [0.25, 0.3) is 10.8 Å². The van der Waals surface area contributed by atoms with Crippen LogP contribution in [-0.4, -0.2) is 7.11 Å². The lowest BCUT2D eigenvalue weighted by Gasteiger charge is -2.09. The summed E-state index contributed by atoms with van der Waals surface area (Å²) < 4.78 is 5.29. The Labute approximate surface area is 96.1 Å². The number of hydrogen-bond acceptors (Lipinski definition) is 1. The van der Waals surface area contributed by atoms with E-state index < -0.39 is 0 Å². The van der Waals surface area contributed by atoms with E-state index in [0.29, 0.717) is 0 Å². The Morgan fingerprint density at radius 1 is 1.31 bits per heavy atom. The molecule has 0 aliphatic heterocycles. The van der Waals surface area contributed by atoms with E-state index in [1.54, 1.807) is 7.11 Å². The monoisotopic (exact) mass is 210 g/mol. The molecule has 0 amide bonds. The van der Waals surface area contributed by atoms with Crippen molar-refractivity contribution in [2.24, 2.45) is 0 Å². The van der Waals surface area contributed by atoms with E-state index in [9.17, 15) is 0 Å². The Morgan fingerprint density at radius 3 is 2.75 bits per heavy atom. The zero-order chi connectivity index (χ0) is 11.5. The van der Waals surface area contributed by atoms with Crippen molar-refractivity contribution < 1.29 is 4.74 Å². The standard InChI is InChI=1S/C15H14O/c1-4-11-7-6-8-13-10-14(16-3)9-12(5-2)15(11)13/h1,6-10H,5H2,2-3H3. The largest absolute Gasteiger partial charge is 0.497 e. The van der Waals surface area contributed by atoms with Gasteiger partial charge in [-0.1, -0.05) is 25.0 Å². The molecule has 0 unspecified atom stereocenters. The van der Waals surface area contributed by atoms with Gasteiger partial charge in [0.1, 0.15) is 5.75 Å². The summed E-state index contributed by atoms with van der Waals surface area (Å²) in [6.07, 6.45) is 6.48. The first-order chi connectivity index (χ1) is 7.80. The van der Waals surface area contributed by atoms with Gasteiger partial charge >= 0.3 is 0 Å². The highest BCUT2D eigenvalue weighted by Gasteiger charge is 2.06. The van der Waals surface area contributed by atoms with Crippen LogP contribution < -0.4 is 4.74 Å². The maximum atomic E-state index is 5.53. The van der Waals surface area contributed by atoms with E-state index in [1.807, 2.05) is 18.2 Å². The second-order valence-electron chi connectivity index (χ2n) is 3.69. The van der Waals surface area contributed by atoms with Gasteiger partial charge in [0.15, 0.2) is 0 Å².